The Morgan fingerprint density at radius 1 is 1.02 bits per heavy atom. The summed E-state index contributed by atoms with van der Waals surface area (Å²) in [7, 11) is 1.26. The number of halogens is 3. The third-order valence-corrected chi connectivity index (χ3v) is 8.35. The minimum Gasteiger partial charge on any atom is -0.465 e. The number of carbonyl (C=O) groups excluding carboxylic acids is 3. The predicted octanol–water partition coefficient (Wildman–Crippen LogP) is 5.62. The van der Waals surface area contributed by atoms with Gasteiger partial charge in [-0.1, -0.05) is 29.8 Å². The number of hydrogen-bond acceptors (Lipinski definition) is 6. The van der Waals surface area contributed by atoms with Gasteiger partial charge in [-0.15, -0.1) is 0 Å². The van der Waals surface area contributed by atoms with E-state index in [2.05, 4.69) is 16.7 Å². The number of benzene rings is 3. The Morgan fingerprint density at radius 3 is 2.22 bits per heavy atom. The van der Waals surface area contributed by atoms with Gasteiger partial charge in [0.05, 0.1) is 24.3 Å². The zero-order chi connectivity index (χ0) is 29.8. The molecule has 0 bridgehead atoms. The number of methoxy groups -OCH3 is 1. The van der Waals surface area contributed by atoms with E-state index in [1.807, 2.05) is 0 Å². The predicted molar refractivity (Wildman–Crippen MR) is 152 cm³/mol. The molecule has 1 heterocycles. The molecule has 0 spiro atoms. The lowest BCUT2D eigenvalue weighted by atomic mass is 9.86. The highest BCUT2D eigenvalue weighted by Gasteiger charge is 2.45. The van der Waals surface area contributed by atoms with Gasteiger partial charge in [-0.2, -0.15) is 17.0 Å². The first-order valence-electron chi connectivity index (χ1n) is 12.6. The van der Waals surface area contributed by atoms with Crippen LogP contribution in [0.15, 0.2) is 60.7 Å². The van der Waals surface area contributed by atoms with Crippen LogP contribution >= 0.6 is 23.4 Å². The molecule has 1 aliphatic rings. The van der Waals surface area contributed by atoms with Gasteiger partial charge in [-0.05, 0) is 79.3 Å². The van der Waals surface area contributed by atoms with Crippen molar-refractivity contribution in [3.05, 3.63) is 94.0 Å². The van der Waals surface area contributed by atoms with E-state index in [1.165, 1.54) is 32.2 Å². The average molecular weight is 598 g/mol. The molecule has 2 N–H and O–H groups in total. The van der Waals surface area contributed by atoms with Crippen LogP contribution in [0.1, 0.15) is 46.0 Å². The highest BCUT2D eigenvalue weighted by atomic mass is 35.5. The van der Waals surface area contributed by atoms with Crippen molar-refractivity contribution in [2.75, 3.05) is 18.6 Å². The topological polar surface area (TPSA) is 108 Å². The smallest absolute Gasteiger partial charge is 0.337 e. The SMILES string of the molecule is COC(=O)c1ccc(Cl)c(-c2ccc(C(=O)N[C@](C)(C(=O)NC3(C#N)CCSCC3)c3c(F)cccc3F)cc2)c1. The number of thioether (sulfide) groups is 1. The monoisotopic (exact) mass is 597 g/mol. The zero-order valence-electron chi connectivity index (χ0n) is 22.2. The highest BCUT2D eigenvalue weighted by molar-refractivity contribution is 7.99. The summed E-state index contributed by atoms with van der Waals surface area (Å²) in [6.45, 7) is 1.21. The van der Waals surface area contributed by atoms with Crippen molar-refractivity contribution in [3.8, 4) is 17.2 Å². The lowest BCUT2D eigenvalue weighted by Gasteiger charge is -2.37. The first-order chi connectivity index (χ1) is 19.5. The zero-order valence-corrected chi connectivity index (χ0v) is 23.8. The molecule has 1 aliphatic heterocycles. The fraction of sp³-hybridized carbons (Fsp3) is 0.267. The van der Waals surface area contributed by atoms with Gasteiger partial charge in [0, 0.05) is 16.1 Å². The molecule has 212 valence electrons. The molecule has 11 heteroatoms. The maximum atomic E-state index is 15.0. The Labute approximate surface area is 245 Å². The van der Waals surface area contributed by atoms with Gasteiger partial charge in [0.1, 0.15) is 22.7 Å². The maximum absolute atomic E-state index is 15.0. The Kier molecular flexibility index (Phi) is 9.00. The number of carbonyl (C=O) groups is 3. The van der Waals surface area contributed by atoms with E-state index in [0.29, 0.717) is 40.5 Å². The largest absolute Gasteiger partial charge is 0.465 e. The van der Waals surface area contributed by atoms with Gasteiger partial charge in [0.15, 0.2) is 0 Å². The van der Waals surface area contributed by atoms with Crippen molar-refractivity contribution in [2.45, 2.75) is 30.8 Å². The summed E-state index contributed by atoms with van der Waals surface area (Å²) >= 11 is 7.97. The van der Waals surface area contributed by atoms with Crippen LogP contribution in [0, 0.1) is 23.0 Å². The fourth-order valence-corrected chi connectivity index (χ4v) is 6.04. The number of ether oxygens (including phenoxy) is 1. The summed E-state index contributed by atoms with van der Waals surface area (Å²) in [6, 6.07) is 16.0. The summed E-state index contributed by atoms with van der Waals surface area (Å²) in [5, 5.41) is 15.4. The second-order valence-electron chi connectivity index (χ2n) is 9.70. The molecule has 7 nitrogen and oxygen atoms in total. The number of rotatable bonds is 7. The van der Waals surface area contributed by atoms with Crippen LogP contribution in [0.25, 0.3) is 11.1 Å². The molecule has 1 fully saturated rings. The minimum absolute atomic E-state index is 0.0915. The van der Waals surface area contributed by atoms with Crippen molar-refractivity contribution >= 4 is 41.1 Å². The number of esters is 1. The highest BCUT2D eigenvalue weighted by Crippen LogP contribution is 2.33. The lowest BCUT2D eigenvalue weighted by molar-refractivity contribution is -0.128. The molecule has 1 atom stereocenters. The number of hydrogen-bond donors (Lipinski definition) is 2. The van der Waals surface area contributed by atoms with E-state index in [-0.39, 0.29) is 11.1 Å². The van der Waals surface area contributed by atoms with E-state index >= 15 is 8.78 Å². The van der Waals surface area contributed by atoms with Crippen LogP contribution in [-0.2, 0) is 15.1 Å². The van der Waals surface area contributed by atoms with E-state index in [1.54, 1.807) is 36.0 Å². The maximum Gasteiger partial charge on any atom is 0.337 e. The van der Waals surface area contributed by atoms with Gasteiger partial charge < -0.3 is 15.4 Å². The van der Waals surface area contributed by atoms with Crippen LogP contribution < -0.4 is 10.6 Å². The summed E-state index contributed by atoms with van der Waals surface area (Å²) in [6.07, 6.45) is 0.704. The quantitative estimate of drug-likeness (QED) is 0.342. The molecule has 4 rings (SSSR count). The van der Waals surface area contributed by atoms with Crippen LogP contribution in [0.3, 0.4) is 0 Å². The molecule has 3 aromatic rings. The molecule has 1 saturated heterocycles. The third-order valence-electron chi connectivity index (χ3n) is 7.04. The number of nitrogens with zero attached hydrogens (tertiary/aromatic N) is 1. The number of nitriles is 1. The number of amides is 2. The molecular formula is C30H26ClF2N3O4S. The second-order valence-corrected chi connectivity index (χ2v) is 11.3. The Morgan fingerprint density at radius 2 is 1.63 bits per heavy atom. The molecule has 0 unspecified atom stereocenters. The van der Waals surface area contributed by atoms with Crippen LogP contribution in [-0.4, -0.2) is 41.9 Å². The van der Waals surface area contributed by atoms with Crippen molar-refractivity contribution in [2.24, 2.45) is 0 Å². The van der Waals surface area contributed by atoms with Crippen molar-refractivity contribution in [3.63, 3.8) is 0 Å². The van der Waals surface area contributed by atoms with Gasteiger partial charge in [0.25, 0.3) is 11.8 Å². The molecule has 0 saturated carbocycles. The van der Waals surface area contributed by atoms with Gasteiger partial charge in [0.2, 0.25) is 0 Å². The van der Waals surface area contributed by atoms with E-state index in [4.69, 9.17) is 16.3 Å². The molecular weight excluding hydrogens is 572 g/mol. The van der Waals surface area contributed by atoms with Gasteiger partial charge >= 0.3 is 5.97 Å². The van der Waals surface area contributed by atoms with Crippen molar-refractivity contribution in [1.29, 1.82) is 5.26 Å². The van der Waals surface area contributed by atoms with Gasteiger partial charge in [-0.3, -0.25) is 9.59 Å². The lowest BCUT2D eigenvalue weighted by Crippen LogP contribution is -2.61. The Bertz CT molecular complexity index is 1520. The van der Waals surface area contributed by atoms with E-state index in [0.717, 1.165) is 18.2 Å². The van der Waals surface area contributed by atoms with Crippen LogP contribution in [0.5, 0.6) is 0 Å². The first kappa shape index (κ1) is 30.0. The van der Waals surface area contributed by atoms with Crippen LogP contribution in [0.2, 0.25) is 5.02 Å². The molecule has 2 amide bonds. The number of nitrogens with one attached hydrogen (secondary N) is 2. The molecule has 3 aromatic carbocycles. The first-order valence-corrected chi connectivity index (χ1v) is 14.1. The molecule has 0 aliphatic carbocycles. The molecule has 0 aromatic heterocycles. The Balaban J connectivity index is 1.67. The van der Waals surface area contributed by atoms with E-state index in [9.17, 15) is 19.6 Å². The summed E-state index contributed by atoms with van der Waals surface area (Å²) in [5.74, 6) is -3.02. The van der Waals surface area contributed by atoms with Gasteiger partial charge in [-0.25, -0.2) is 13.6 Å². The summed E-state index contributed by atoms with van der Waals surface area (Å²) in [5.41, 5.74) is -2.58. The standard InChI is InChI=1S/C30H26ClF2N3O4S/c1-29(25-23(32)4-3-5-24(25)33,28(39)36-30(17-34)12-14-41-15-13-30)35-26(37)19-8-6-18(7-9-19)21-16-20(27(38)40-2)10-11-22(21)31/h3-11,16H,12-15H2,1-2H3,(H,35,37)(H,36,39)/t29-/m0/s1. The fourth-order valence-electron chi connectivity index (χ4n) is 4.63. The van der Waals surface area contributed by atoms with Crippen molar-refractivity contribution in [1.82, 2.24) is 10.6 Å². The molecule has 41 heavy (non-hydrogen) atoms. The van der Waals surface area contributed by atoms with Crippen molar-refractivity contribution < 1.29 is 27.9 Å². The van der Waals surface area contributed by atoms with E-state index < -0.39 is 46.1 Å². The third kappa shape index (κ3) is 6.21. The molecule has 0 radical (unpaired) electrons. The normalized spacial score (nSPS) is 15.6. The summed E-state index contributed by atoms with van der Waals surface area (Å²) < 4.78 is 34.8. The Hall–Kier alpha value is -3.94. The van der Waals surface area contributed by atoms with Crippen LogP contribution in [0.4, 0.5) is 8.78 Å². The summed E-state index contributed by atoms with van der Waals surface area (Å²) in [4.78, 5) is 39.0. The second kappa shape index (κ2) is 12.3. The average Bonchev–Trinajstić information content (AvgIpc) is 2.97. The minimum atomic E-state index is -2.20.